The van der Waals surface area contributed by atoms with Crippen molar-refractivity contribution in [2.75, 3.05) is 25.5 Å². The van der Waals surface area contributed by atoms with Gasteiger partial charge in [0.25, 0.3) is 0 Å². The third-order valence-electron chi connectivity index (χ3n) is 6.07. The molecule has 11 heteroatoms. The average molecular weight is 464 g/mol. The summed E-state index contributed by atoms with van der Waals surface area (Å²) >= 11 is 0. The van der Waals surface area contributed by atoms with Crippen molar-refractivity contribution in [1.29, 1.82) is 0 Å². The van der Waals surface area contributed by atoms with Crippen LogP contribution in [-0.4, -0.2) is 39.7 Å². The van der Waals surface area contributed by atoms with E-state index in [0.29, 0.717) is 30.2 Å². The molecule has 2 aromatic heterocycles. The molecule has 1 fully saturated rings. The summed E-state index contributed by atoms with van der Waals surface area (Å²) < 4.78 is 64.4. The lowest BCUT2D eigenvalue weighted by Gasteiger charge is -2.38. The molecule has 33 heavy (non-hydrogen) atoms. The van der Waals surface area contributed by atoms with Crippen LogP contribution in [-0.2, 0) is 28.9 Å². The number of pyridine rings is 2. The summed E-state index contributed by atoms with van der Waals surface area (Å²) in [5, 5.41) is 11.9. The molecule has 4 heterocycles. The van der Waals surface area contributed by atoms with E-state index in [2.05, 4.69) is 9.97 Å². The number of aliphatic hydroxyl groups is 1. The van der Waals surface area contributed by atoms with E-state index in [4.69, 9.17) is 15.2 Å². The average Bonchev–Trinajstić information content (AvgIpc) is 3.29. The molecule has 7 nitrogen and oxygen atoms in total. The predicted octanol–water partition coefficient (Wildman–Crippen LogP) is 3.46. The topological polar surface area (TPSA) is 93.7 Å². The molecule has 0 saturated carbocycles. The predicted molar refractivity (Wildman–Crippen MR) is 109 cm³/mol. The highest BCUT2D eigenvalue weighted by molar-refractivity contribution is 5.85. The standard InChI is InChI=1S/C22H20F4N4O3/c23-16-2-1-11(5-15(16)22(24,25)26)19-10-32-4-3-30(19)21(31)17-6-12-13-8-33-9-14(13)20(27)29-18(12)7-28-17/h1-2,5-7,19,21,31H,3-4,8-10H2,(H2,27,29). The highest BCUT2D eigenvalue weighted by Gasteiger charge is 2.37. The summed E-state index contributed by atoms with van der Waals surface area (Å²) in [7, 11) is 0. The van der Waals surface area contributed by atoms with Gasteiger partial charge in [-0.15, -0.1) is 0 Å². The van der Waals surface area contributed by atoms with E-state index in [1.54, 1.807) is 11.0 Å². The Kier molecular flexibility index (Phi) is 5.44. The Morgan fingerprint density at radius 1 is 1.15 bits per heavy atom. The quantitative estimate of drug-likeness (QED) is 0.574. The molecule has 5 rings (SSSR count). The van der Waals surface area contributed by atoms with Crippen LogP contribution in [0.5, 0.6) is 0 Å². The Morgan fingerprint density at radius 3 is 2.73 bits per heavy atom. The van der Waals surface area contributed by atoms with Gasteiger partial charge in [0.2, 0.25) is 0 Å². The zero-order valence-corrected chi connectivity index (χ0v) is 17.3. The number of halogens is 4. The first-order chi connectivity index (χ1) is 15.7. The van der Waals surface area contributed by atoms with Gasteiger partial charge in [0, 0.05) is 17.5 Å². The highest BCUT2D eigenvalue weighted by Crippen LogP contribution is 2.37. The summed E-state index contributed by atoms with van der Waals surface area (Å²) in [5.41, 5.74) is 7.35. The first-order valence-corrected chi connectivity index (χ1v) is 10.3. The van der Waals surface area contributed by atoms with Crippen molar-refractivity contribution in [2.24, 2.45) is 0 Å². The highest BCUT2D eigenvalue weighted by atomic mass is 19.4. The SMILES string of the molecule is Nc1nc2cnc(C(O)N3CCOCC3c3ccc(F)c(C(F)(F)F)c3)cc2c2c1COC2. The van der Waals surface area contributed by atoms with Gasteiger partial charge in [-0.05, 0) is 29.3 Å². The monoisotopic (exact) mass is 464 g/mol. The van der Waals surface area contributed by atoms with Gasteiger partial charge in [0.1, 0.15) is 11.6 Å². The number of nitrogen functional groups attached to an aromatic ring is 1. The number of rotatable bonds is 3. The molecule has 0 amide bonds. The summed E-state index contributed by atoms with van der Waals surface area (Å²) in [6.45, 7) is 1.26. The van der Waals surface area contributed by atoms with Crippen molar-refractivity contribution in [1.82, 2.24) is 14.9 Å². The van der Waals surface area contributed by atoms with Crippen LogP contribution in [0.15, 0.2) is 30.5 Å². The molecule has 3 aromatic rings. The lowest BCUT2D eigenvalue weighted by atomic mass is 10.00. The summed E-state index contributed by atoms with van der Waals surface area (Å²) in [6.07, 6.45) is -4.58. The molecular weight excluding hydrogens is 444 g/mol. The lowest BCUT2D eigenvalue weighted by molar-refractivity contribution is -0.140. The molecule has 3 N–H and O–H groups in total. The second kappa shape index (κ2) is 8.17. The Bertz CT molecular complexity index is 1220. The Morgan fingerprint density at radius 2 is 1.94 bits per heavy atom. The first kappa shape index (κ1) is 22.0. The number of aromatic nitrogens is 2. The van der Waals surface area contributed by atoms with E-state index in [-0.39, 0.29) is 25.3 Å². The van der Waals surface area contributed by atoms with Crippen LogP contribution >= 0.6 is 0 Å². The number of hydrogen-bond donors (Lipinski definition) is 2. The molecular formula is C22H20F4N4O3. The number of ether oxygens (including phenoxy) is 2. The van der Waals surface area contributed by atoms with E-state index < -0.39 is 29.8 Å². The van der Waals surface area contributed by atoms with E-state index in [1.165, 1.54) is 12.3 Å². The van der Waals surface area contributed by atoms with Crippen LogP contribution < -0.4 is 5.73 Å². The molecule has 1 aromatic carbocycles. The number of aliphatic hydroxyl groups excluding tert-OH is 1. The number of morpholine rings is 1. The van der Waals surface area contributed by atoms with Crippen molar-refractivity contribution in [3.63, 3.8) is 0 Å². The molecule has 0 bridgehead atoms. The fourth-order valence-electron chi connectivity index (χ4n) is 4.37. The van der Waals surface area contributed by atoms with Gasteiger partial charge in [-0.3, -0.25) is 9.88 Å². The number of hydrogen-bond acceptors (Lipinski definition) is 7. The smallest absolute Gasteiger partial charge is 0.383 e. The minimum Gasteiger partial charge on any atom is -0.383 e. The van der Waals surface area contributed by atoms with Crippen molar-refractivity contribution in [3.8, 4) is 0 Å². The maximum absolute atomic E-state index is 13.8. The minimum absolute atomic E-state index is 0.0366. The van der Waals surface area contributed by atoms with Gasteiger partial charge in [-0.1, -0.05) is 6.07 Å². The Hall–Kier alpha value is -2.86. The number of fused-ring (bicyclic) bond motifs is 3. The Labute approximate surface area is 185 Å². The molecule has 1 saturated heterocycles. The lowest BCUT2D eigenvalue weighted by Crippen LogP contribution is -2.42. The van der Waals surface area contributed by atoms with Gasteiger partial charge in [-0.2, -0.15) is 13.2 Å². The molecule has 2 aliphatic rings. The fourth-order valence-corrected chi connectivity index (χ4v) is 4.37. The fraction of sp³-hybridized carbons (Fsp3) is 0.364. The molecule has 0 aliphatic carbocycles. The molecule has 0 radical (unpaired) electrons. The van der Waals surface area contributed by atoms with Crippen molar-refractivity contribution >= 4 is 16.7 Å². The van der Waals surface area contributed by atoms with Crippen LogP contribution in [0.2, 0.25) is 0 Å². The van der Waals surface area contributed by atoms with Crippen LogP contribution in [0.1, 0.15) is 40.2 Å². The van der Waals surface area contributed by atoms with Crippen LogP contribution in [0.25, 0.3) is 10.9 Å². The third kappa shape index (κ3) is 3.90. The van der Waals surface area contributed by atoms with Gasteiger partial charge < -0.3 is 20.3 Å². The van der Waals surface area contributed by atoms with Crippen LogP contribution in [0.4, 0.5) is 23.4 Å². The van der Waals surface area contributed by atoms with E-state index in [0.717, 1.165) is 28.6 Å². The second-order valence-electron chi connectivity index (χ2n) is 8.01. The van der Waals surface area contributed by atoms with E-state index in [9.17, 15) is 22.7 Å². The molecule has 174 valence electrons. The van der Waals surface area contributed by atoms with Gasteiger partial charge in [0.15, 0.2) is 6.23 Å². The maximum Gasteiger partial charge on any atom is 0.419 e. The normalized spacial score (nSPS) is 20.2. The van der Waals surface area contributed by atoms with Gasteiger partial charge in [-0.25, -0.2) is 9.37 Å². The molecule has 2 aliphatic heterocycles. The van der Waals surface area contributed by atoms with Gasteiger partial charge in [0.05, 0.1) is 55.4 Å². The van der Waals surface area contributed by atoms with Crippen LogP contribution in [0.3, 0.4) is 0 Å². The van der Waals surface area contributed by atoms with Gasteiger partial charge >= 0.3 is 6.18 Å². The minimum atomic E-state index is -4.84. The number of nitrogens with two attached hydrogens (primary N) is 1. The number of anilines is 1. The van der Waals surface area contributed by atoms with Crippen LogP contribution in [0, 0.1) is 5.82 Å². The largest absolute Gasteiger partial charge is 0.419 e. The number of alkyl halides is 3. The second-order valence-corrected chi connectivity index (χ2v) is 8.01. The molecule has 0 spiro atoms. The summed E-state index contributed by atoms with van der Waals surface area (Å²) in [6, 6.07) is 3.78. The van der Waals surface area contributed by atoms with Crippen molar-refractivity contribution in [3.05, 3.63) is 64.2 Å². The van der Waals surface area contributed by atoms with E-state index in [1.807, 2.05) is 0 Å². The Balaban J connectivity index is 1.51. The zero-order valence-electron chi connectivity index (χ0n) is 17.3. The van der Waals surface area contributed by atoms with Crippen molar-refractivity contribution in [2.45, 2.75) is 31.7 Å². The summed E-state index contributed by atoms with van der Waals surface area (Å²) in [5.74, 6) is -0.982. The van der Waals surface area contributed by atoms with Crippen molar-refractivity contribution < 1.29 is 32.1 Å². The van der Waals surface area contributed by atoms with E-state index >= 15 is 0 Å². The zero-order chi connectivity index (χ0) is 23.3. The number of nitrogens with zero attached hydrogens (tertiary/aromatic N) is 3. The maximum atomic E-state index is 13.8. The molecule has 2 atom stereocenters. The first-order valence-electron chi connectivity index (χ1n) is 10.3. The summed E-state index contributed by atoms with van der Waals surface area (Å²) in [4.78, 5) is 10.2. The number of benzene rings is 1. The third-order valence-corrected chi connectivity index (χ3v) is 6.07. The molecule has 2 unspecified atom stereocenters.